The van der Waals surface area contributed by atoms with Gasteiger partial charge in [0.2, 0.25) is 10.0 Å². The van der Waals surface area contributed by atoms with Gasteiger partial charge in [-0.05, 0) is 24.6 Å². The Kier molecular flexibility index (Phi) is 4.72. The van der Waals surface area contributed by atoms with Gasteiger partial charge in [0, 0.05) is 13.6 Å². The van der Waals surface area contributed by atoms with Crippen LogP contribution in [0.1, 0.15) is 12.0 Å². The molecule has 0 aliphatic heterocycles. The molecule has 0 aliphatic carbocycles. The molecule has 0 radical (unpaired) electrons. The fourth-order valence-corrected chi connectivity index (χ4v) is 3.10. The second kappa shape index (κ2) is 5.69. The number of carboxylic acids is 1. The zero-order valence-corrected chi connectivity index (χ0v) is 11.6. The second-order valence-electron chi connectivity index (χ2n) is 3.90. The summed E-state index contributed by atoms with van der Waals surface area (Å²) < 4.78 is 25.2. The van der Waals surface area contributed by atoms with Crippen molar-refractivity contribution in [2.75, 3.05) is 13.6 Å². The summed E-state index contributed by atoms with van der Waals surface area (Å²) in [6.07, 6.45) is -0.251. The van der Waals surface area contributed by atoms with E-state index in [9.17, 15) is 13.2 Å². The number of hydrogen-bond donors (Lipinski definition) is 1. The molecule has 100 valence electrons. The number of carbonyl (C=O) groups is 1. The van der Waals surface area contributed by atoms with Gasteiger partial charge in [-0.3, -0.25) is 4.79 Å². The van der Waals surface area contributed by atoms with E-state index in [0.29, 0.717) is 0 Å². The number of benzene rings is 1. The molecule has 1 aromatic rings. The first-order chi connectivity index (χ1) is 8.25. The Morgan fingerprint density at radius 1 is 1.44 bits per heavy atom. The van der Waals surface area contributed by atoms with Gasteiger partial charge in [-0.1, -0.05) is 17.7 Å². The van der Waals surface area contributed by atoms with Gasteiger partial charge in [-0.15, -0.1) is 0 Å². The predicted molar refractivity (Wildman–Crippen MR) is 68.3 cm³/mol. The quantitative estimate of drug-likeness (QED) is 0.897. The van der Waals surface area contributed by atoms with Crippen LogP contribution in [0.15, 0.2) is 23.1 Å². The molecule has 0 aromatic heterocycles. The maximum atomic E-state index is 12.1. The van der Waals surface area contributed by atoms with Crippen molar-refractivity contribution in [3.8, 4) is 0 Å². The minimum atomic E-state index is -3.74. The highest BCUT2D eigenvalue weighted by molar-refractivity contribution is 7.89. The maximum absolute atomic E-state index is 12.1. The Balaban J connectivity index is 3.02. The lowest BCUT2D eigenvalue weighted by molar-refractivity contribution is -0.137. The van der Waals surface area contributed by atoms with E-state index >= 15 is 0 Å². The van der Waals surface area contributed by atoms with Gasteiger partial charge in [-0.25, -0.2) is 12.7 Å². The Morgan fingerprint density at radius 3 is 2.56 bits per heavy atom. The van der Waals surface area contributed by atoms with Crippen LogP contribution in [-0.2, 0) is 14.8 Å². The van der Waals surface area contributed by atoms with E-state index in [1.807, 2.05) is 0 Å². The molecule has 0 amide bonds. The molecular formula is C11H14ClNO4S. The normalized spacial score (nSPS) is 11.8. The van der Waals surface area contributed by atoms with Crippen molar-refractivity contribution >= 4 is 27.6 Å². The molecule has 0 heterocycles. The molecule has 5 nitrogen and oxygen atoms in total. The monoisotopic (exact) mass is 291 g/mol. The van der Waals surface area contributed by atoms with E-state index in [4.69, 9.17) is 16.7 Å². The highest BCUT2D eigenvalue weighted by Crippen LogP contribution is 2.24. The Labute approximate surface area is 111 Å². The SMILES string of the molecule is Cc1ccc(S(=O)(=O)N(C)CCC(=O)O)c(Cl)c1. The van der Waals surface area contributed by atoms with Gasteiger partial charge in [0.1, 0.15) is 4.90 Å². The van der Waals surface area contributed by atoms with Crippen LogP contribution in [0.2, 0.25) is 5.02 Å². The highest BCUT2D eigenvalue weighted by Gasteiger charge is 2.23. The topological polar surface area (TPSA) is 74.7 Å². The zero-order chi connectivity index (χ0) is 13.9. The van der Waals surface area contributed by atoms with E-state index in [2.05, 4.69) is 0 Å². The van der Waals surface area contributed by atoms with Crippen molar-refractivity contribution in [2.45, 2.75) is 18.2 Å². The number of nitrogens with zero attached hydrogens (tertiary/aromatic N) is 1. The fraction of sp³-hybridized carbons (Fsp3) is 0.364. The Morgan fingerprint density at radius 2 is 2.06 bits per heavy atom. The second-order valence-corrected chi connectivity index (χ2v) is 6.32. The van der Waals surface area contributed by atoms with Crippen molar-refractivity contribution in [1.82, 2.24) is 4.31 Å². The summed E-state index contributed by atoms with van der Waals surface area (Å²) in [6, 6.07) is 4.62. The number of sulfonamides is 1. The minimum Gasteiger partial charge on any atom is -0.481 e. The first-order valence-corrected chi connectivity index (χ1v) is 7.01. The van der Waals surface area contributed by atoms with Crippen molar-refractivity contribution in [3.05, 3.63) is 28.8 Å². The minimum absolute atomic E-state index is 0.0114. The van der Waals surface area contributed by atoms with Crippen LogP contribution in [0, 0.1) is 6.92 Å². The molecule has 0 atom stereocenters. The number of carboxylic acid groups (broad SMARTS) is 1. The van der Waals surface area contributed by atoms with Crippen LogP contribution in [0.4, 0.5) is 0 Å². The predicted octanol–water partition coefficient (Wildman–Crippen LogP) is 1.74. The van der Waals surface area contributed by atoms with Gasteiger partial charge in [0.05, 0.1) is 11.4 Å². The van der Waals surface area contributed by atoms with E-state index in [-0.39, 0.29) is 22.9 Å². The van der Waals surface area contributed by atoms with Crippen molar-refractivity contribution < 1.29 is 18.3 Å². The number of aliphatic carboxylic acids is 1. The summed E-state index contributed by atoms with van der Waals surface area (Å²) in [5.41, 5.74) is 0.854. The van der Waals surface area contributed by atoms with Crippen molar-refractivity contribution in [1.29, 1.82) is 0 Å². The van der Waals surface area contributed by atoms with E-state index < -0.39 is 16.0 Å². The average Bonchev–Trinajstić information content (AvgIpc) is 2.24. The number of hydrogen-bond acceptors (Lipinski definition) is 3. The lowest BCUT2D eigenvalue weighted by Crippen LogP contribution is -2.29. The van der Waals surface area contributed by atoms with Crippen LogP contribution in [0.3, 0.4) is 0 Å². The summed E-state index contributed by atoms with van der Waals surface area (Å²) in [4.78, 5) is 10.4. The Hall–Kier alpha value is -1.11. The molecule has 7 heteroatoms. The van der Waals surface area contributed by atoms with Crippen LogP contribution < -0.4 is 0 Å². The van der Waals surface area contributed by atoms with Crippen LogP contribution in [0.25, 0.3) is 0 Å². The lowest BCUT2D eigenvalue weighted by Gasteiger charge is -2.17. The molecule has 1 aromatic carbocycles. The average molecular weight is 292 g/mol. The molecule has 1 rings (SSSR count). The first-order valence-electron chi connectivity index (χ1n) is 5.19. The van der Waals surface area contributed by atoms with E-state index in [1.54, 1.807) is 19.1 Å². The Bertz CT molecular complexity index is 556. The van der Waals surface area contributed by atoms with Crippen LogP contribution in [-0.4, -0.2) is 37.4 Å². The van der Waals surface area contributed by atoms with Gasteiger partial charge in [0.15, 0.2) is 0 Å². The standard InChI is InChI=1S/C11H14ClNO4S/c1-8-3-4-10(9(12)7-8)18(16,17)13(2)6-5-11(14)15/h3-4,7H,5-6H2,1-2H3,(H,14,15). The lowest BCUT2D eigenvalue weighted by atomic mass is 10.2. The molecule has 1 N–H and O–H groups in total. The summed E-state index contributed by atoms with van der Waals surface area (Å²) >= 11 is 5.90. The molecular weight excluding hydrogens is 278 g/mol. The van der Waals surface area contributed by atoms with Crippen molar-refractivity contribution in [3.63, 3.8) is 0 Å². The van der Waals surface area contributed by atoms with Gasteiger partial charge >= 0.3 is 5.97 Å². The zero-order valence-electron chi connectivity index (χ0n) is 10.1. The largest absolute Gasteiger partial charge is 0.481 e. The third-order valence-corrected chi connectivity index (χ3v) is 4.76. The summed E-state index contributed by atoms with van der Waals surface area (Å²) in [7, 11) is -2.42. The summed E-state index contributed by atoms with van der Waals surface area (Å²) in [5.74, 6) is -1.05. The van der Waals surface area contributed by atoms with Gasteiger partial charge in [-0.2, -0.15) is 0 Å². The van der Waals surface area contributed by atoms with Crippen LogP contribution in [0.5, 0.6) is 0 Å². The molecule has 0 spiro atoms. The molecule has 18 heavy (non-hydrogen) atoms. The molecule has 0 saturated heterocycles. The third-order valence-electron chi connectivity index (χ3n) is 2.42. The summed E-state index contributed by atoms with van der Waals surface area (Å²) in [5, 5.41) is 8.68. The van der Waals surface area contributed by atoms with Gasteiger partial charge < -0.3 is 5.11 Å². The smallest absolute Gasteiger partial charge is 0.304 e. The van der Waals surface area contributed by atoms with Crippen molar-refractivity contribution in [2.24, 2.45) is 0 Å². The van der Waals surface area contributed by atoms with Gasteiger partial charge in [0.25, 0.3) is 0 Å². The maximum Gasteiger partial charge on any atom is 0.304 e. The molecule has 0 unspecified atom stereocenters. The fourth-order valence-electron chi connectivity index (χ4n) is 1.36. The summed E-state index contributed by atoms with van der Waals surface area (Å²) in [6.45, 7) is 1.71. The highest BCUT2D eigenvalue weighted by atomic mass is 35.5. The third kappa shape index (κ3) is 3.44. The number of halogens is 1. The number of rotatable bonds is 5. The van der Waals surface area contributed by atoms with Crippen LogP contribution >= 0.6 is 11.6 Å². The molecule has 0 saturated carbocycles. The first kappa shape index (κ1) is 14.9. The molecule has 0 bridgehead atoms. The molecule has 0 aliphatic rings. The molecule has 0 fully saturated rings. The number of aryl methyl sites for hydroxylation is 1. The van der Waals surface area contributed by atoms with E-state index in [1.165, 1.54) is 13.1 Å². The van der Waals surface area contributed by atoms with E-state index in [0.717, 1.165) is 9.87 Å².